The molecule has 8 nitrogen and oxygen atoms in total. The summed E-state index contributed by atoms with van der Waals surface area (Å²) in [5, 5.41) is 2.66. The molecule has 1 N–H and O–H groups in total. The number of amidine groups is 1. The van der Waals surface area contributed by atoms with Crippen molar-refractivity contribution >= 4 is 60.9 Å². The minimum Gasteiger partial charge on any atom is -0.493 e. The van der Waals surface area contributed by atoms with Crippen molar-refractivity contribution in [1.82, 2.24) is 5.32 Å². The average Bonchev–Trinajstić information content (AvgIpc) is 3.02. The van der Waals surface area contributed by atoms with Crippen LogP contribution in [0, 0.1) is 6.92 Å². The molecule has 0 unspecified atom stereocenters. The number of thioether (sulfide) groups is 1. The number of methoxy groups -OCH3 is 1. The third kappa shape index (κ3) is 5.54. The number of benzene rings is 2. The van der Waals surface area contributed by atoms with Crippen LogP contribution in [0.3, 0.4) is 0 Å². The summed E-state index contributed by atoms with van der Waals surface area (Å²) in [5.41, 5.74) is 1.46. The molecule has 0 aliphatic carbocycles. The summed E-state index contributed by atoms with van der Waals surface area (Å²) in [6.45, 7) is 3.17. The lowest BCUT2D eigenvalue weighted by molar-refractivity contribution is -0.117. The van der Waals surface area contributed by atoms with Crippen LogP contribution in [0.1, 0.15) is 18.1 Å². The van der Waals surface area contributed by atoms with E-state index < -0.39 is 16.0 Å². The highest BCUT2D eigenvalue weighted by molar-refractivity contribution is 9.10. The van der Waals surface area contributed by atoms with E-state index in [0.29, 0.717) is 14.9 Å². The van der Waals surface area contributed by atoms with E-state index in [-0.39, 0.29) is 27.5 Å². The second-order valence-electron chi connectivity index (χ2n) is 6.40. The van der Waals surface area contributed by atoms with Crippen molar-refractivity contribution in [3.63, 3.8) is 0 Å². The first-order valence-electron chi connectivity index (χ1n) is 8.78. The molecule has 162 valence electrons. The maximum atomic E-state index is 12.7. The summed E-state index contributed by atoms with van der Waals surface area (Å²) in [4.78, 5) is 27.3. The van der Waals surface area contributed by atoms with Crippen molar-refractivity contribution < 1.29 is 26.9 Å². The highest BCUT2D eigenvalue weighted by atomic mass is 79.9. The van der Waals surface area contributed by atoms with E-state index in [1.807, 2.05) is 6.92 Å². The van der Waals surface area contributed by atoms with Crippen LogP contribution in [0.15, 0.2) is 55.7 Å². The van der Waals surface area contributed by atoms with Crippen LogP contribution in [0.5, 0.6) is 11.5 Å². The van der Waals surface area contributed by atoms with Gasteiger partial charge >= 0.3 is 10.1 Å². The standard InChI is InChI=1S/C20H17BrN2O6S2/c1-11-4-6-14(7-5-11)31(26,27)29-18-15(21)8-13(9-16(18)28-3)10-17-19(25)23-20(30-17)22-12(2)24/h4-10H,1-3H3,(H,22,23,24,25). The highest BCUT2D eigenvalue weighted by Gasteiger charge is 2.24. The monoisotopic (exact) mass is 524 g/mol. The topological polar surface area (TPSA) is 111 Å². The Kier molecular flexibility index (Phi) is 6.87. The Labute approximate surface area is 192 Å². The highest BCUT2D eigenvalue weighted by Crippen LogP contribution is 2.40. The van der Waals surface area contributed by atoms with Crippen LogP contribution < -0.4 is 14.2 Å². The van der Waals surface area contributed by atoms with Crippen LogP contribution in [-0.4, -0.2) is 32.5 Å². The first kappa shape index (κ1) is 23.0. The Morgan fingerprint density at radius 3 is 2.52 bits per heavy atom. The molecule has 1 aliphatic heterocycles. The number of carbonyl (C=O) groups excluding carboxylic acids is 2. The number of rotatable bonds is 5. The number of carbonyl (C=O) groups is 2. The molecule has 3 rings (SSSR count). The summed E-state index contributed by atoms with van der Waals surface area (Å²) >= 11 is 4.33. The van der Waals surface area contributed by atoms with Gasteiger partial charge in [-0.05, 0) is 70.5 Å². The summed E-state index contributed by atoms with van der Waals surface area (Å²) in [7, 11) is -2.72. The van der Waals surface area contributed by atoms with E-state index >= 15 is 0 Å². The largest absolute Gasteiger partial charge is 0.493 e. The van der Waals surface area contributed by atoms with Crippen LogP contribution in [0.4, 0.5) is 0 Å². The summed E-state index contributed by atoms with van der Waals surface area (Å²) in [6, 6.07) is 9.37. The first-order valence-corrected chi connectivity index (χ1v) is 11.8. The SMILES string of the molecule is COc1cc(C=C2SC(NC(C)=O)=NC2=O)cc(Br)c1OS(=O)(=O)c1ccc(C)cc1. The van der Waals surface area contributed by atoms with Gasteiger partial charge in [0.05, 0.1) is 16.5 Å². The van der Waals surface area contributed by atoms with Crippen molar-refractivity contribution in [2.24, 2.45) is 4.99 Å². The van der Waals surface area contributed by atoms with Gasteiger partial charge in [0.25, 0.3) is 5.91 Å². The fourth-order valence-corrected chi connectivity index (χ4v) is 5.00. The quantitative estimate of drug-likeness (QED) is 0.469. The van der Waals surface area contributed by atoms with Gasteiger partial charge in [-0.1, -0.05) is 17.7 Å². The summed E-state index contributed by atoms with van der Waals surface area (Å²) in [6.07, 6.45) is 1.55. The molecule has 0 bridgehead atoms. The normalized spacial score (nSPS) is 15.0. The van der Waals surface area contributed by atoms with Gasteiger partial charge in [0.2, 0.25) is 5.91 Å². The van der Waals surface area contributed by atoms with Gasteiger partial charge in [0.15, 0.2) is 16.7 Å². The van der Waals surface area contributed by atoms with Crippen LogP contribution in [0.2, 0.25) is 0 Å². The second-order valence-corrected chi connectivity index (χ2v) is 9.83. The van der Waals surface area contributed by atoms with Crippen molar-refractivity contribution in [2.45, 2.75) is 18.7 Å². The first-order chi connectivity index (χ1) is 14.6. The zero-order valence-corrected chi connectivity index (χ0v) is 19.9. The molecular weight excluding hydrogens is 508 g/mol. The Morgan fingerprint density at radius 2 is 1.90 bits per heavy atom. The lowest BCUT2D eigenvalue weighted by atomic mass is 10.2. The zero-order chi connectivity index (χ0) is 22.8. The van der Waals surface area contributed by atoms with Gasteiger partial charge in [-0.25, -0.2) is 0 Å². The van der Waals surface area contributed by atoms with Crippen LogP contribution in [-0.2, 0) is 19.7 Å². The smallest absolute Gasteiger partial charge is 0.339 e. The lowest BCUT2D eigenvalue weighted by Crippen LogP contribution is -2.23. The minimum absolute atomic E-state index is 0.00819. The fraction of sp³-hybridized carbons (Fsp3) is 0.150. The van der Waals surface area contributed by atoms with Crippen molar-refractivity contribution in [3.05, 3.63) is 56.9 Å². The van der Waals surface area contributed by atoms with Gasteiger partial charge in [0, 0.05) is 6.92 Å². The maximum Gasteiger partial charge on any atom is 0.339 e. The van der Waals surface area contributed by atoms with Gasteiger partial charge in [-0.15, -0.1) is 0 Å². The van der Waals surface area contributed by atoms with Gasteiger partial charge in [-0.3, -0.25) is 9.59 Å². The molecular formula is C20H17BrN2O6S2. The number of aryl methyl sites for hydroxylation is 1. The molecule has 0 spiro atoms. The van der Waals surface area contributed by atoms with Crippen molar-refractivity contribution in [1.29, 1.82) is 0 Å². The van der Waals surface area contributed by atoms with Crippen LogP contribution in [0.25, 0.3) is 6.08 Å². The third-order valence-corrected chi connectivity index (χ3v) is 6.68. The van der Waals surface area contributed by atoms with Gasteiger partial charge in [0.1, 0.15) is 4.90 Å². The number of hydrogen-bond acceptors (Lipinski definition) is 7. The van der Waals surface area contributed by atoms with E-state index in [0.717, 1.165) is 17.3 Å². The van der Waals surface area contributed by atoms with Gasteiger partial charge < -0.3 is 14.2 Å². The van der Waals surface area contributed by atoms with Gasteiger partial charge in [-0.2, -0.15) is 13.4 Å². The molecule has 0 saturated carbocycles. The van der Waals surface area contributed by atoms with E-state index in [2.05, 4.69) is 26.2 Å². The molecule has 0 fully saturated rings. The Morgan fingerprint density at radius 1 is 1.23 bits per heavy atom. The third-order valence-electron chi connectivity index (χ3n) is 3.96. The molecule has 1 aliphatic rings. The number of nitrogens with zero attached hydrogens (tertiary/aromatic N) is 1. The van der Waals surface area contributed by atoms with E-state index in [1.54, 1.807) is 24.3 Å². The lowest BCUT2D eigenvalue weighted by Gasteiger charge is -2.13. The number of aliphatic imine (C=N–C) groups is 1. The molecule has 31 heavy (non-hydrogen) atoms. The number of hydrogen-bond donors (Lipinski definition) is 1. The van der Waals surface area contributed by atoms with Crippen molar-refractivity contribution in [3.8, 4) is 11.5 Å². The molecule has 1 heterocycles. The Hall–Kier alpha value is -2.63. The molecule has 11 heteroatoms. The van der Waals surface area contributed by atoms with E-state index in [9.17, 15) is 18.0 Å². The Bertz CT molecular complexity index is 1220. The summed E-state index contributed by atoms with van der Waals surface area (Å²) < 4.78 is 36.3. The molecule has 0 radical (unpaired) electrons. The predicted molar refractivity (Wildman–Crippen MR) is 122 cm³/mol. The van der Waals surface area contributed by atoms with E-state index in [4.69, 9.17) is 8.92 Å². The minimum atomic E-state index is -4.09. The molecule has 2 aromatic rings. The van der Waals surface area contributed by atoms with E-state index in [1.165, 1.54) is 32.2 Å². The zero-order valence-electron chi connectivity index (χ0n) is 16.6. The number of ether oxygens (including phenoxy) is 1. The Balaban J connectivity index is 1.90. The average molecular weight is 525 g/mol. The second kappa shape index (κ2) is 9.25. The number of amides is 2. The molecule has 0 aromatic heterocycles. The molecule has 2 aromatic carbocycles. The summed E-state index contributed by atoms with van der Waals surface area (Å²) in [5.74, 6) is -0.701. The van der Waals surface area contributed by atoms with Crippen LogP contribution >= 0.6 is 27.7 Å². The molecule has 0 atom stereocenters. The fourth-order valence-electron chi connectivity index (χ4n) is 2.53. The molecule has 2 amide bonds. The predicted octanol–water partition coefficient (Wildman–Crippen LogP) is 3.64. The number of halogens is 1. The molecule has 0 saturated heterocycles. The maximum absolute atomic E-state index is 12.7. The van der Waals surface area contributed by atoms with Crippen molar-refractivity contribution in [2.75, 3.05) is 7.11 Å². The number of nitrogens with one attached hydrogen (secondary N) is 1.